The van der Waals surface area contributed by atoms with Crippen LogP contribution in [-0.4, -0.2) is 17.9 Å². The molecule has 98 valence electrons. The number of nitrogens with zero attached hydrogens (tertiary/aromatic N) is 1. The fraction of sp³-hybridized carbons (Fsp3) is 0.143. The van der Waals surface area contributed by atoms with E-state index in [2.05, 4.69) is 0 Å². The van der Waals surface area contributed by atoms with Gasteiger partial charge in [0.2, 0.25) is 0 Å². The lowest BCUT2D eigenvalue weighted by atomic mass is 10.2. The van der Waals surface area contributed by atoms with Crippen molar-refractivity contribution in [1.82, 2.24) is 0 Å². The van der Waals surface area contributed by atoms with Gasteiger partial charge < -0.3 is 10.6 Å². The molecule has 1 aromatic heterocycles. The summed E-state index contributed by atoms with van der Waals surface area (Å²) in [4.78, 5) is 15.1. The van der Waals surface area contributed by atoms with E-state index in [1.165, 1.54) is 11.3 Å². The molecule has 1 heterocycles. The van der Waals surface area contributed by atoms with Gasteiger partial charge in [0.25, 0.3) is 5.91 Å². The maximum Gasteiger partial charge on any atom is 0.268 e. The Morgan fingerprint density at radius 2 is 2.11 bits per heavy atom. The summed E-state index contributed by atoms with van der Waals surface area (Å²) >= 11 is 6.40. The molecule has 5 heteroatoms. The van der Waals surface area contributed by atoms with Gasteiger partial charge in [-0.15, -0.1) is 11.3 Å². The van der Waals surface area contributed by atoms with E-state index in [0.717, 1.165) is 21.7 Å². The lowest BCUT2D eigenvalue weighted by Crippen LogP contribution is -2.26. The Labute approximate surface area is 121 Å². The summed E-state index contributed by atoms with van der Waals surface area (Å²) in [7, 11) is 1.75. The van der Waals surface area contributed by atoms with E-state index in [0.29, 0.717) is 4.99 Å². The molecule has 0 spiro atoms. The van der Waals surface area contributed by atoms with Crippen molar-refractivity contribution in [3.05, 3.63) is 51.7 Å². The van der Waals surface area contributed by atoms with Crippen LogP contribution < -0.4 is 10.6 Å². The Kier molecular flexibility index (Phi) is 3.97. The van der Waals surface area contributed by atoms with Crippen molar-refractivity contribution in [2.24, 2.45) is 5.73 Å². The number of thiocarbonyl (C=S) groups is 1. The summed E-state index contributed by atoms with van der Waals surface area (Å²) in [6, 6.07) is 9.30. The van der Waals surface area contributed by atoms with Crippen LogP contribution in [0, 0.1) is 6.92 Å². The summed E-state index contributed by atoms with van der Waals surface area (Å²) in [6.45, 7) is 1.93. The molecule has 0 aliphatic rings. The Bertz CT molecular complexity index is 634. The van der Waals surface area contributed by atoms with Crippen LogP contribution in [0.1, 0.15) is 20.8 Å². The molecule has 0 unspecified atom stereocenters. The average Bonchev–Trinajstić information content (AvgIpc) is 2.83. The molecular weight excluding hydrogens is 276 g/mol. The average molecular weight is 290 g/mol. The normalized spacial score (nSPS) is 10.2. The number of carbonyl (C=O) groups is 1. The molecule has 0 radical (unpaired) electrons. The molecule has 2 rings (SSSR count). The number of aryl methyl sites for hydroxylation is 1. The van der Waals surface area contributed by atoms with Crippen LogP contribution in [0.5, 0.6) is 0 Å². The van der Waals surface area contributed by atoms with Crippen molar-refractivity contribution in [3.63, 3.8) is 0 Å². The minimum Gasteiger partial charge on any atom is -0.389 e. The number of benzene rings is 1. The Morgan fingerprint density at radius 3 is 2.68 bits per heavy atom. The monoisotopic (exact) mass is 290 g/mol. The molecule has 0 saturated heterocycles. The zero-order valence-electron chi connectivity index (χ0n) is 10.7. The number of hydrogen-bond acceptors (Lipinski definition) is 3. The van der Waals surface area contributed by atoms with Crippen LogP contribution in [0.3, 0.4) is 0 Å². The number of anilines is 1. The molecule has 2 aromatic rings. The first-order valence-electron chi connectivity index (χ1n) is 5.72. The lowest BCUT2D eigenvalue weighted by Gasteiger charge is -2.17. The van der Waals surface area contributed by atoms with E-state index in [1.807, 2.05) is 42.6 Å². The van der Waals surface area contributed by atoms with E-state index in [1.54, 1.807) is 11.9 Å². The van der Waals surface area contributed by atoms with Crippen molar-refractivity contribution in [3.8, 4) is 0 Å². The summed E-state index contributed by atoms with van der Waals surface area (Å²) in [5, 5.41) is 1.92. The fourth-order valence-electron chi connectivity index (χ4n) is 1.73. The molecule has 0 fully saturated rings. The smallest absolute Gasteiger partial charge is 0.268 e. The minimum absolute atomic E-state index is 0.0208. The van der Waals surface area contributed by atoms with Crippen molar-refractivity contribution in [2.75, 3.05) is 11.9 Å². The van der Waals surface area contributed by atoms with Crippen molar-refractivity contribution < 1.29 is 4.79 Å². The summed E-state index contributed by atoms with van der Waals surface area (Å²) in [5.41, 5.74) is 8.14. The summed E-state index contributed by atoms with van der Waals surface area (Å²) in [6.07, 6.45) is 0. The first kappa shape index (κ1) is 13.7. The molecule has 0 aliphatic heterocycles. The van der Waals surface area contributed by atoms with Gasteiger partial charge in [-0.1, -0.05) is 24.4 Å². The highest BCUT2D eigenvalue weighted by Gasteiger charge is 2.17. The second kappa shape index (κ2) is 5.50. The van der Waals surface area contributed by atoms with Crippen molar-refractivity contribution >= 4 is 40.1 Å². The van der Waals surface area contributed by atoms with Gasteiger partial charge in [-0.05, 0) is 36.1 Å². The molecule has 0 aliphatic carbocycles. The standard InChI is InChI=1S/C14H14N2OS2/c1-9-6-7-19-12(9)14(17)16(2)11-5-3-4-10(8-11)13(15)18/h3-8H,1-2H3,(H2,15,18). The zero-order chi connectivity index (χ0) is 14.0. The van der Waals surface area contributed by atoms with Gasteiger partial charge in [0.15, 0.2) is 0 Å². The summed E-state index contributed by atoms with van der Waals surface area (Å²) in [5.74, 6) is -0.0208. The topological polar surface area (TPSA) is 46.3 Å². The molecule has 19 heavy (non-hydrogen) atoms. The number of nitrogens with two attached hydrogens (primary N) is 1. The lowest BCUT2D eigenvalue weighted by molar-refractivity contribution is 0.0996. The van der Waals surface area contributed by atoms with Gasteiger partial charge in [-0.3, -0.25) is 4.79 Å². The van der Waals surface area contributed by atoms with E-state index in [-0.39, 0.29) is 5.91 Å². The number of thiophene rings is 1. The van der Waals surface area contributed by atoms with Crippen molar-refractivity contribution in [2.45, 2.75) is 6.92 Å². The van der Waals surface area contributed by atoms with Crippen LogP contribution in [-0.2, 0) is 0 Å². The van der Waals surface area contributed by atoms with Gasteiger partial charge >= 0.3 is 0 Å². The zero-order valence-corrected chi connectivity index (χ0v) is 12.3. The van der Waals surface area contributed by atoms with E-state index in [4.69, 9.17) is 18.0 Å². The second-order valence-corrected chi connectivity index (χ2v) is 5.57. The third kappa shape index (κ3) is 2.83. The molecule has 1 amide bonds. The third-order valence-corrected chi connectivity index (χ3v) is 4.12. The molecule has 0 bridgehead atoms. The van der Waals surface area contributed by atoms with E-state index in [9.17, 15) is 4.79 Å². The minimum atomic E-state index is -0.0208. The molecule has 0 saturated carbocycles. The molecule has 2 N–H and O–H groups in total. The number of rotatable bonds is 3. The molecule has 1 aromatic carbocycles. The Balaban J connectivity index is 2.32. The number of amides is 1. The summed E-state index contributed by atoms with van der Waals surface area (Å²) < 4.78 is 0. The highest BCUT2D eigenvalue weighted by atomic mass is 32.1. The third-order valence-electron chi connectivity index (χ3n) is 2.88. The van der Waals surface area contributed by atoms with Gasteiger partial charge in [0.1, 0.15) is 4.99 Å². The van der Waals surface area contributed by atoms with Gasteiger partial charge in [0, 0.05) is 18.3 Å². The number of hydrogen-bond donors (Lipinski definition) is 1. The molecule has 0 atom stereocenters. The highest BCUT2D eigenvalue weighted by Crippen LogP contribution is 2.22. The van der Waals surface area contributed by atoms with Crippen LogP contribution in [0.15, 0.2) is 35.7 Å². The fourth-order valence-corrected chi connectivity index (χ4v) is 2.76. The van der Waals surface area contributed by atoms with Gasteiger partial charge in [-0.2, -0.15) is 0 Å². The van der Waals surface area contributed by atoms with Crippen LogP contribution in [0.25, 0.3) is 0 Å². The van der Waals surface area contributed by atoms with Crippen LogP contribution >= 0.6 is 23.6 Å². The predicted octanol–water partition coefficient (Wildman–Crippen LogP) is 2.97. The molecule has 3 nitrogen and oxygen atoms in total. The first-order chi connectivity index (χ1) is 9.00. The van der Waals surface area contributed by atoms with Crippen LogP contribution in [0.4, 0.5) is 5.69 Å². The second-order valence-electron chi connectivity index (χ2n) is 4.21. The predicted molar refractivity (Wildman–Crippen MR) is 84.1 cm³/mol. The number of carbonyl (C=O) groups excluding carboxylic acids is 1. The maximum atomic E-state index is 12.4. The van der Waals surface area contributed by atoms with E-state index < -0.39 is 0 Å². The first-order valence-corrected chi connectivity index (χ1v) is 7.01. The Morgan fingerprint density at radius 1 is 1.37 bits per heavy atom. The van der Waals surface area contributed by atoms with E-state index >= 15 is 0 Å². The quantitative estimate of drug-likeness (QED) is 0.884. The molecular formula is C14H14N2OS2. The van der Waals surface area contributed by atoms with Gasteiger partial charge in [0.05, 0.1) is 4.88 Å². The van der Waals surface area contributed by atoms with Gasteiger partial charge in [-0.25, -0.2) is 0 Å². The highest BCUT2D eigenvalue weighted by molar-refractivity contribution is 7.80. The Hall–Kier alpha value is -1.72. The SMILES string of the molecule is Cc1ccsc1C(=O)N(C)c1cccc(C(N)=S)c1. The maximum absolute atomic E-state index is 12.4. The van der Waals surface area contributed by atoms with Crippen molar-refractivity contribution in [1.29, 1.82) is 0 Å². The van der Waals surface area contributed by atoms with Crippen LogP contribution in [0.2, 0.25) is 0 Å². The largest absolute Gasteiger partial charge is 0.389 e.